The van der Waals surface area contributed by atoms with Crippen molar-refractivity contribution in [2.75, 3.05) is 13.1 Å². The molecule has 1 saturated heterocycles. The van der Waals surface area contributed by atoms with Crippen LogP contribution in [0.15, 0.2) is 36.5 Å². The van der Waals surface area contributed by atoms with Gasteiger partial charge in [0.05, 0.1) is 16.9 Å². The molecule has 1 aliphatic heterocycles. The summed E-state index contributed by atoms with van der Waals surface area (Å²) in [4.78, 5) is 13.7. The molecular formula is C26H34N4O. The Labute approximate surface area is 185 Å². The van der Waals surface area contributed by atoms with Crippen LogP contribution in [-0.4, -0.2) is 34.8 Å². The zero-order valence-corrected chi connectivity index (χ0v) is 18.3. The Kier molecular flexibility index (Phi) is 5.10. The molecule has 0 radical (unpaired) electrons. The number of hydrogen-bond acceptors (Lipinski definition) is 3. The van der Waals surface area contributed by atoms with Crippen LogP contribution in [0.2, 0.25) is 0 Å². The van der Waals surface area contributed by atoms with Crippen molar-refractivity contribution in [1.29, 1.82) is 0 Å². The highest BCUT2D eigenvalue weighted by molar-refractivity contribution is 5.95. The van der Waals surface area contributed by atoms with E-state index >= 15 is 0 Å². The summed E-state index contributed by atoms with van der Waals surface area (Å²) in [7, 11) is 0. The van der Waals surface area contributed by atoms with Crippen molar-refractivity contribution in [1.82, 2.24) is 20.4 Å². The number of carbonyl (C=O) groups is 1. The summed E-state index contributed by atoms with van der Waals surface area (Å²) in [5.41, 5.74) is 2.81. The minimum Gasteiger partial charge on any atom is -0.349 e. The molecule has 4 aliphatic carbocycles. The highest BCUT2D eigenvalue weighted by Crippen LogP contribution is 2.53. The predicted octanol–water partition coefficient (Wildman–Crippen LogP) is 4.28. The van der Waals surface area contributed by atoms with E-state index < -0.39 is 0 Å². The largest absolute Gasteiger partial charge is 0.349 e. The average Bonchev–Trinajstić information content (AvgIpc) is 3.05. The first-order valence-corrected chi connectivity index (χ1v) is 12.4. The number of amides is 1. The van der Waals surface area contributed by atoms with Gasteiger partial charge in [-0.1, -0.05) is 18.2 Å². The minimum atomic E-state index is 0.104. The van der Waals surface area contributed by atoms with Crippen molar-refractivity contribution in [2.24, 2.45) is 23.7 Å². The Morgan fingerprint density at radius 3 is 2.45 bits per heavy atom. The van der Waals surface area contributed by atoms with Crippen molar-refractivity contribution in [3.63, 3.8) is 0 Å². The molecule has 2 N–H and O–H groups in total. The lowest BCUT2D eigenvalue weighted by Gasteiger charge is -2.54. The van der Waals surface area contributed by atoms with E-state index in [1.54, 1.807) is 0 Å². The van der Waals surface area contributed by atoms with Crippen LogP contribution in [0.1, 0.15) is 73.3 Å². The summed E-state index contributed by atoms with van der Waals surface area (Å²) >= 11 is 0. The van der Waals surface area contributed by atoms with Crippen LogP contribution >= 0.6 is 0 Å². The second-order valence-corrected chi connectivity index (χ2v) is 10.5. The van der Waals surface area contributed by atoms with E-state index in [4.69, 9.17) is 5.10 Å². The summed E-state index contributed by atoms with van der Waals surface area (Å²) < 4.78 is 1.92. The molecular weight excluding hydrogens is 384 g/mol. The van der Waals surface area contributed by atoms with E-state index in [9.17, 15) is 4.79 Å². The first-order chi connectivity index (χ1) is 15.2. The smallest absolute Gasteiger partial charge is 0.255 e. The maximum Gasteiger partial charge on any atom is 0.255 e. The molecule has 31 heavy (non-hydrogen) atoms. The van der Waals surface area contributed by atoms with Gasteiger partial charge in [0.15, 0.2) is 0 Å². The highest BCUT2D eigenvalue weighted by Gasteiger charge is 2.48. The standard InChI is InChI=1S/C26H34N4O/c31-26(28-24-20-12-17-11-18(14-20)15-21(24)13-17)23-16-30(22-6-2-1-3-7-22)29-25(23)19-5-4-9-27-10-8-19/h1-3,6-7,16-21,24,27H,4-5,8-15H2,(H,28,31). The van der Waals surface area contributed by atoms with Crippen molar-refractivity contribution >= 4 is 5.91 Å². The maximum absolute atomic E-state index is 13.7. The van der Waals surface area contributed by atoms with Gasteiger partial charge in [0, 0.05) is 18.2 Å². The number of rotatable bonds is 4. The zero-order valence-electron chi connectivity index (χ0n) is 18.3. The number of benzene rings is 1. The number of nitrogens with zero attached hydrogens (tertiary/aromatic N) is 2. The lowest BCUT2D eigenvalue weighted by atomic mass is 9.54. The molecule has 0 spiro atoms. The average molecular weight is 419 g/mol. The van der Waals surface area contributed by atoms with Crippen molar-refractivity contribution in [2.45, 2.75) is 63.3 Å². The van der Waals surface area contributed by atoms with Gasteiger partial charge in [-0.3, -0.25) is 4.79 Å². The third-order valence-corrected chi connectivity index (χ3v) is 8.50. The Bertz CT molecular complexity index is 900. The minimum absolute atomic E-state index is 0.104. The first kappa shape index (κ1) is 19.5. The molecule has 2 heterocycles. The van der Waals surface area contributed by atoms with Gasteiger partial charge in [0.2, 0.25) is 0 Å². The Hall–Kier alpha value is -2.14. The van der Waals surface area contributed by atoms with Crippen LogP contribution in [0, 0.1) is 23.7 Å². The molecule has 5 heteroatoms. The fraction of sp³-hybridized carbons (Fsp3) is 0.615. The molecule has 5 fully saturated rings. The fourth-order valence-electron chi connectivity index (χ4n) is 7.26. The van der Waals surface area contributed by atoms with Gasteiger partial charge in [-0.15, -0.1) is 0 Å². The van der Waals surface area contributed by atoms with Gasteiger partial charge in [0.25, 0.3) is 5.91 Å². The molecule has 1 atom stereocenters. The quantitative estimate of drug-likeness (QED) is 0.779. The maximum atomic E-state index is 13.7. The molecule has 1 amide bonds. The van der Waals surface area contributed by atoms with Crippen LogP contribution in [0.25, 0.3) is 5.69 Å². The number of aromatic nitrogens is 2. The van der Waals surface area contributed by atoms with Crippen LogP contribution in [-0.2, 0) is 0 Å². The van der Waals surface area contributed by atoms with Crippen LogP contribution in [0.3, 0.4) is 0 Å². The van der Waals surface area contributed by atoms with E-state index in [1.165, 1.54) is 32.1 Å². The van der Waals surface area contributed by atoms with E-state index in [2.05, 4.69) is 22.8 Å². The van der Waals surface area contributed by atoms with Crippen LogP contribution in [0.4, 0.5) is 0 Å². The SMILES string of the molecule is O=C(NC1C2CC3CC(C2)CC1C3)c1cn(-c2ccccc2)nc1C1CCCNCC1. The molecule has 7 rings (SSSR count). The van der Waals surface area contributed by atoms with E-state index in [-0.39, 0.29) is 5.91 Å². The fourth-order valence-corrected chi connectivity index (χ4v) is 7.26. The summed E-state index contributed by atoms with van der Waals surface area (Å²) in [6.07, 6.45) is 12.0. The summed E-state index contributed by atoms with van der Waals surface area (Å²) in [5.74, 6) is 3.67. The summed E-state index contributed by atoms with van der Waals surface area (Å²) in [5, 5.41) is 12.0. The molecule has 4 saturated carbocycles. The second-order valence-electron chi connectivity index (χ2n) is 10.5. The van der Waals surface area contributed by atoms with Crippen molar-refractivity contribution in [3.05, 3.63) is 47.8 Å². The molecule has 1 unspecified atom stereocenters. The van der Waals surface area contributed by atoms with Gasteiger partial charge in [0.1, 0.15) is 0 Å². The Morgan fingerprint density at radius 1 is 0.968 bits per heavy atom. The third-order valence-electron chi connectivity index (χ3n) is 8.50. The monoisotopic (exact) mass is 418 g/mol. The van der Waals surface area contributed by atoms with Crippen LogP contribution in [0.5, 0.6) is 0 Å². The van der Waals surface area contributed by atoms with Gasteiger partial charge in [-0.05, 0) is 100 Å². The van der Waals surface area contributed by atoms with Crippen LogP contribution < -0.4 is 10.6 Å². The number of hydrogen-bond donors (Lipinski definition) is 2. The van der Waals surface area contributed by atoms with Gasteiger partial charge >= 0.3 is 0 Å². The molecule has 4 bridgehead atoms. The molecule has 1 aromatic heterocycles. The zero-order chi connectivity index (χ0) is 20.8. The number of para-hydroxylation sites is 1. The topological polar surface area (TPSA) is 59.0 Å². The number of carbonyl (C=O) groups excluding carboxylic acids is 1. The Morgan fingerprint density at radius 2 is 1.71 bits per heavy atom. The lowest BCUT2D eigenvalue weighted by molar-refractivity contribution is -0.0119. The van der Waals surface area contributed by atoms with Gasteiger partial charge in [-0.2, -0.15) is 5.10 Å². The molecule has 5 nitrogen and oxygen atoms in total. The second kappa shape index (κ2) is 8.09. The van der Waals surface area contributed by atoms with Gasteiger partial charge in [-0.25, -0.2) is 4.68 Å². The van der Waals surface area contributed by atoms with Crippen molar-refractivity contribution < 1.29 is 4.79 Å². The molecule has 2 aromatic rings. The lowest BCUT2D eigenvalue weighted by Crippen LogP contribution is -2.55. The molecule has 164 valence electrons. The summed E-state index contributed by atoms with van der Waals surface area (Å²) in [6, 6.07) is 10.6. The third kappa shape index (κ3) is 3.71. The first-order valence-electron chi connectivity index (χ1n) is 12.4. The van der Waals surface area contributed by atoms with Gasteiger partial charge < -0.3 is 10.6 Å². The van der Waals surface area contributed by atoms with E-state index in [0.717, 1.165) is 61.1 Å². The molecule has 1 aromatic carbocycles. The highest BCUT2D eigenvalue weighted by atomic mass is 16.1. The number of nitrogens with one attached hydrogen (secondary N) is 2. The normalized spacial score (nSPS) is 34.5. The predicted molar refractivity (Wildman–Crippen MR) is 121 cm³/mol. The van der Waals surface area contributed by atoms with E-state index in [0.29, 0.717) is 23.8 Å². The Balaban J connectivity index is 1.29. The van der Waals surface area contributed by atoms with E-state index in [1.807, 2.05) is 29.1 Å². The molecule has 5 aliphatic rings. The van der Waals surface area contributed by atoms with Crippen molar-refractivity contribution in [3.8, 4) is 5.69 Å². The summed E-state index contributed by atoms with van der Waals surface area (Å²) in [6.45, 7) is 2.06.